The molecule has 4 nitrogen and oxygen atoms in total. The van der Waals surface area contributed by atoms with Gasteiger partial charge in [0.25, 0.3) is 5.91 Å². The molecular weight excluding hydrogens is 235 g/mol. The maximum atomic E-state index is 13.0. The molecule has 0 radical (unpaired) electrons. The highest BCUT2D eigenvalue weighted by atomic mass is 19.1. The van der Waals surface area contributed by atoms with Gasteiger partial charge >= 0.3 is 0 Å². The molecule has 2 atom stereocenters. The molecule has 0 spiro atoms. The Labute approximate surface area is 105 Å². The number of nitrogen functional groups attached to an aromatic ring is 1. The van der Waals surface area contributed by atoms with Gasteiger partial charge in [0, 0.05) is 11.6 Å². The van der Waals surface area contributed by atoms with E-state index in [1.165, 1.54) is 7.11 Å². The maximum absolute atomic E-state index is 13.0. The number of alkyl halides is 1. The van der Waals surface area contributed by atoms with E-state index in [2.05, 4.69) is 5.32 Å². The second-order valence-electron chi connectivity index (χ2n) is 4.54. The molecule has 0 bridgehead atoms. The minimum atomic E-state index is -0.795. The molecule has 3 N–H and O–H groups in total. The number of nitrogens with one attached hydrogen (secondary N) is 1. The third-order valence-electron chi connectivity index (χ3n) is 3.20. The van der Waals surface area contributed by atoms with E-state index in [0.717, 1.165) is 0 Å². The van der Waals surface area contributed by atoms with Crippen LogP contribution in [0.5, 0.6) is 5.75 Å². The van der Waals surface area contributed by atoms with Gasteiger partial charge in [-0.1, -0.05) is 0 Å². The molecule has 1 aliphatic rings. The molecular formula is C13H17FN2O2. The molecule has 0 heterocycles. The van der Waals surface area contributed by atoms with Crippen molar-refractivity contribution in [2.24, 2.45) is 0 Å². The van der Waals surface area contributed by atoms with E-state index in [4.69, 9.17) is 10.5 Å². The Morgan fingerprint density at radius 2 is 2.28 bits per heavy atom. The first kappa shape index (κ1) is 12.7. The van der Waals surface area contributed by atoms with Crippen LogP contribution < -0.4 is 15.8 Å². The number of methoxy groups -OCH3 is 1. The van der Waals surface area contributed by atoms with Crippen molar-refractivity contribution < 1.29 is 13.9 Å². The fourth-order valence-electron chi connectivity index (χ4n) is 2.18. The summed E-state index contributed by atoms with van der Waals surface area (Å²) in [7, 11) is 1.50. The van der Waals surface area contributed by atoms with Crippen molar-refractivity contribution in [2.75, 3.05) is 12.8 Å². The predicted molar refractivity (Wildman–Crippen MR) is 67.4 cm³/mol. The molecule has 18 heavy (non-hydrogen) atoms. The summed E-state index contributed by atoms with van der Waals surface area (Å²) in [6.45, 7) is 0. The highest BCUT2D eigenvalue weighted by Crippen LogP contribution is 2.24. The van der Waals surface area contributed by atoms with E-state index < -0.39 is 6.17 Å². The van der Waals surface area contributed by atoms with E-state index in [0.29, 0.717) is 36.3 Å². The number of nitrogens with two attached hydrogens (primary N) is 1. The van der Waals surface area contributed by atoms with Crippen LogP contribution in [0, 0.1) is 0 Å². The Bertz CT molecular complexity index is 451. The lowest BCUT2D eigenvalue weighted by Gasteiger charge is -2.13. The molecule has 1 amide bonds. The summed E-state index contributed by atoms with van der Waals surface area (Å²) in [5, 5.41) is 2.82. The Hall–Kier alpha value is -1.78. The average Bonchev–Trinajstić information content (AvgIpc) is 2.75. The zero-order valence-electron chi connectivity index (χ0n) is 10.3. The van der Waals surface area contributed by atoms with Gasteiger partial charge in [-0.25, -0.2) is 4.39 Å². The molecule has 0 unspecified atom stereocenters. The van der Waals surface area contributed by atoms with Crippen molar-refractivity contribution in [3.8, 4) is 5.75 Å². The monoisotopic (exact) mass is 252 g/mol. The number of carbonyl (C=O) groups is 1. The van der Waals surface area contributed by atoms with Crippen molar-refractivity contribution in [1.82, 2.24) is 5.32 Å². The molecule has 1 aromatic rings. The van der Waals surface area contributed by atoms with E-state index in [1.54, 1.807) is 18.2 Å². The third kappa shape index (κ3) is 2.72. The van der Waals surface area contributed by atoms with E-state index >= 15 is 0 Å². The van der Waals surface area contributed by atoms with Gasteiger partial charge in [-0.05, 0) is 37.5 Å². The highest BCUT2D eigenvalue weighted by Gasteiger charge is 2.25. The Morgan fingerprint density at radius 3 is 2.89 bits per heavy atom. The second-order valence-corrected chi connectivity index (χ2v) is 4.54. The number of anilines is 1. The number of benzene rings is 1. The number of amides is 1. The highest BCUT2D eigenvalue weighted by molar-refractivity contribution is 5.95. The summed E-state index contributed by atoms with van der Waals surface area (Å²) in [6, 6.07) is 4.78. The molecule has 1 saturated carbocycles. The predicted octanol–water partition coefficient (Wildman–Crippen LogP) is 1.90. The van der Waals surface area contributed by atoms with Gasteiger partial charge in [0.05, 0.1) is 12.8 Å². The molecule has 0 saturated heterocycles. The molecule has 0 aromatic heterocycles. The SMILES string of the molecule is COc1cc(C(=O)N[C@@H]2CC[C@@H](F)C2)ccc1N. The summed E-state index contributed by atoms with van der Waals surface area (Å²) >= 11 is 0. The van der Waals surface area contributed by atoms with Crippen molar-refractivity contribution in [1.29, 1.82) is 0 Å². The molecule has 1 aliphatic carbocycles. The number of ether oxygens (including phenoxy) is 1. The smallest absolute Gasteiger partial charge is 0.251 e. The quantitative estimate of drug-likeness (QED) is 0.807. The minimum absolute atomic E-state index is 0.0731. The lowest BCUT2D eigenvalue weighted by molar-refractivity contribution is 0.0936. The standard InChI is InChI=1S/C13H17FN2O2/c1-18-12-6-8(2-5-11(12)15)13(17)16-10-4-3-9(14)7-10/h2,5-6,9-10H,3-4,7,15H2,1H3,(H,16,17)/t9-,10-/m1/s1. The van der Waals surface area contributed by atoms with Crippen LogP contribution >= 0.6 is 0 Å². The molecule has 5 heteroatoms. The van der Waals surface area contributed by atoms with E-state index in [1.807, 2.05) is 0 Å². The number of rotatable bonds is 3. The Morgan fingerprint density at radius 1 is 1.50 bits per heavy atom. The lowest BCUT2D eigenvalue weighted by atomic mass is 10.1. The van der Waals surface area contributed by atoms with E-state index in [-0.39, 0.29) is 11.9 Å². The summed E-state index contributed by atoms with van der Waals surface area (Å²) in [4.78, 5) is 12.0. The molecule has 1 aromatic carbocycles. The zero-order chi connectivity index (χ0) is 13.1. The van der Waals surface area contributed by atoms with Gasteiger partial charge in [0.2, 0.25) is 0 Å². The van der Waals surface area contributed by atoms with Crippen LogP contribution in [-0.4, -0.2) is 25.2 Å². The fourth-order valence-corrected chi connectivity index (χ4v) is 2.18. The first-order valence-electron chi connectivity index (χ1n) is 5.98. The third-order valence-corrected chi connectivity index (χ3v) is 3.20. The van der Waals surface area contributed by atoms with Gasteiger partial charge in [-0.3, -0.25) is 4.79 Å². The Balaban J connectivity index is 2.04. The van der Waals surface area contributed by atoms with Crippen molar-refractivity contribution in [3.05, 3.63) is 23.8 Å². The molecule has 2 rings (SSSR count). The van der Waals surface area contributed by atoms with Gasteiger partial charge in [0.1, 0.15) is 11.9 Å². The van der Waals surface area contributed by atoms with Crippen LogP contribution in [0.2, 0.25) is 0 Å². The van der Waals surface area contributed by atoms with Gasteiger partial charge in [0.15, 0.2) is 0 Å². The molecule has 1 fully saturated rings. The average molecular weight is 252 g/mol. The van der Waals surface area contributed by atoms with Crippen LogP contribution in [0.1, 0.15) is 29.6 Å². The summed E-state index contributed by atoms with van der Waals surface area (Å²) in [5.74, 6) is 0.254. The van der Waals surface area contributed by atoms with Crippen molar-refractivity contribution in [3.63, 3.8) is 0 Å². The molecule has 98 valence electrons. The number of hydrogen-bond acceptors (Lipinski definition) is 3. The van der Waals surface area contributed by atoms with Crippen LogP contribution in [0.15, 0.2) is 18.2 Å². The lowest BCUT2D eigenvalue weighted by Crippen LogP contribution is -2.33. The van der Waals surface area contributed by atoms with Crippen LogP contribution in [0.4, 0.5) is 10.1 Å². The number of hydrogen-bond donors (Lipinski definition) is 2. The first-order chi connectivity index (χ1) is 8.60. The second kappa shape index (κ2) is 5.25. The zero-order valence-corrected chi connectivity index (χ0v) is 10.3. The van der Waals surface area contributed by atoms with Crippen LogP contribution in [0.3, 0.4) is 0 Å². The van der Waals surface area contributed by atoms with Crippen molar-refractivity contribution >= 4 is 11.6 Å². The minimum Gasteiger partial charge on any atom is -0.495 e. The van der Waals surface area contributed by atoms with Gasteiger partial charge < -0.3 is 15.8 Å². The van der Waals surface area contributed by atoms with Gasteiger partial charge in [-0.15, -0.1) is 0 Å². The topological polar surface area (TPSA) is 64.3 Å². The van der Waals surface area contributed by atoms with Gasteiger partial charge in [-0.2, -0.15) is 0 Å². The van der Waals surface area contributed by atoms with Crippen LogP contribution in [0.25, 0.3) is 0 Å². The normalized spacial score (nSPS) is 22.8. The largest absolute Gasteiger partial charge is 0.495 e. The summed E-state index contributed by atoms with van der Waals surface area (Å²) in [6.07, 6.45) is 0.823. The van der Waals surface area contributed by atoms with Crippen molar-refractivity contribution in [2.45, 2.75) is 31.5 Å². The maximum Gasteiger partial charge on any atom is 0.251 e. The summed E-state index contributed by atoms with van der Waals surface area (Å²) < 4.78 is 18.1. The Kier molecular flexibility index (Phi) is 3.69. The first-order valence-corrected chi connectivity index (χ1v) is 5.98. The fraction of sp³-hybridized carbons (Fsp3) is 0.462. The number of carbonyl (C=O) groups excluding carboxylic acids is 1. The van der Waals surface area contributed by atoms with E-state index in [9.17, 15) is 9.18 Å². The molecule has 0 aliphatic heterocycles. The summed E-state index contributed by atoms with van der Waals surface area (Å²) in [5.41, 5.74) is 6.64. The number of halogens is 1. The van der Waals surface area contributed by atoms with Crippen LogP contribution in [-0.2, 0) is 0 Å².